The van der Waals surface area contributed by atoms with Gasteiger partial charge in [0.15, 0.2) is 0 Å². The molecule has 0 saturated carbocycles. The number of aliphatic hydroxyl groups excluding tert-OH is 1. The molecule has 4 N–H and O–H groups in total. The Morgan fingerprint density at radius 2 is 1.83 bits per heavy atom. The molecule has 0 saturated heterocycles. The van der Waals surface area contributed by atoms with Crippen molar-refractivity contribution in [3.05, 3.63) is 48.0 Å². The molecule has 0 radical (unpaired) electrons. The minimum absolute atomic E-state index is 0.0141. The molecule has 0 aliphatic carbocycles. The first-order valence-corrected chi connectivity index (χ1v) is 8.10. The lowest BCUT2D eigenvalue weighted by molar-refractivity contribution is -0.137. The summed E-state index contributed by atoms with van der Waals surface area (Å²) in [4.78, 5) is 22.9. The third kappa shape index (κ3) is 8.33. The van der Waals surface area contributed by atoms with Gasteiger partial charge in [0, 0.05) is 12.5 Å². The van der Waals surface area contributed by atoms with E-state index in [2.05, 4.69) is 10.6 Å². The number of aliphatic carboxylic acids is 1. The molecule has 0 spiro atoms. The number of carboxylic acid groups (broad SMARTS) is 1. The molecule has 2 atom stereocenters. The van der Waals surface area contributed by atoms with Gasteiger partial charge in [-0.1, -0.05) is 42.5 Å². The van der Waals surface area contributed by atoms with E-state index in [-0.39, 0.29) is 25.1 Å². The molecule has 1 aromatic carbocycles. The summed E-state index contributed by atoms with van der Waals surface area (Å²) < 4.78 is 0. The second-order valence-corrected chi connectivity index (χ2v) is 5.62. The number of rotatable bonds is 10. The smallest absolute Gasteiger partial charge is 0.315 e. The maximum Gasteiger partial charge on any atom is 0.315 e. The average molecular weight is 334 g/mol. The lowest BCUT2D eigenvalue weighted by atomic mass is 10.0. The second kappa shape index (κ2) is 11.2. The van der Waals surface area contributed by atoms with Gasteiger partial charge in [-0.2, -0.15) is 0 Å². The quantitative estimate of drug-likeness (QED) is 0.492. The van der Waals surface area contributed by atoms with Gasteiger partial charge >= 0.3 is 12.0 Å². The average Bonchev–Trinajstić information content (AvgIpc) is 2.57. The maximum absolute atomic E-state index is 12.1. The number of carboxylic acids is 1. The SMILES string of the molecule is C/C=C/CC(CO)NC(=O)NC(CCC(=O)O)Cc1ccccc1. The summed E-state index contributed by atoms with van der Waals surface area (Å²) in [6, 6.07) is 8.55. The van der Waals surface area contributed by atoms with Gasteiger partial charge in [-0.15, -0.1) is 0 Å². The monoisotopic (exact) mass is 334 g/mol. The molecule has 0 bridgehead atoms. The van der Waals surface area contributed by atoms with E-state index in [1.807, 2.05) is 49.4 Å². The molecule has 1 aromatic rings. The van der Waals surface area contributed by atoms with E-state index in [4.69, 9.17) is 5.11 Å². The van der Waals surface area contributed by atoms with Gasteiger partial charge in [-0.25, -0.2) is 4.79 Å². The van der Waals surface area contributed by atoms with Crippen LogP contribution in [0.25, 0.3) is 0 Å². The van der Waals surface area contributed by atoms with Crippen molar-refractivity contribution in [1.29, 1.82) is 0 Å². The number of carbonyl (C=O) groups excluding carboxylic acids is 1. The fourth-order valence-electron chi connectivity index (χ4n) is 2.31. The van der Waals surface area contributed by atoms with E-state index in [1.54, 1.807) is 0 Å². The Balaban J connectivity index is 2.61. The molecule has 0 aromatic heterocycles. The highest BCUT2D eigenvalue weighted by atomic mass is 16.4. The highest BCUT2D eigenvalue weighted by Crippen LogP contribution is 2.08. The fraction of sp³-hybridized carbons (Fsp3) is 0.444. The molecule has 0 heterocycles. The van der Waals surface area contributed by atoms with E-state index < -0.39 is 12.0 Å². The number of hydrogen-bond acceptors (Lipinski definition) is 3. The van der Waals surface area contributed by atoms with Gasteiger partial charge in [0.1, 0.15) is 0 Å². The number of urea groups is 1. The van der Waals surface area contributed by atoms with Crippen LogP contribution in [0.5, 0.6) is 0 Å². The van der Waals surface area contributed by atoms with E-state index in [1.165, 1.54) is 0 Å². The van der Waals surface area contributed by atoms with Crippen molar-refractivity contribution in [3.8, 4) is 0 Å². The third-order valence-electron chi connectivity index (χ3n) is 3.58. The first-order chi connectivity index (χ1) is 11.5. The summed E-state index contributed by atoms with van der Waals surface area (Å²) in [5.74, 6) is -0.892. The highest BCUT2D eigenvalue weighted by Gasteiger charge is 2.16. The van der Waals surface area contributed by atoms with E-state index in [0.717, 1.165) is 5.56 Å². The zero-order valence-corrected chi connectivity index (χ0v) is 13.9. The Kier molecular flexibility index (Phi) is 9.23. The molecule has 2 unspecified atom stereocenters. The van der Waals surface area contributed by atoms with Crippen molar-refractivity contribution in [1.82, 2.24) is 10.6 Å². The van der Waals surface area contributed by atoms with Crippen LogP contribution in [-0.4, -0.2) is 40.9 Å². The van der Waals surface area contributed by atoms with Crippen LogP contribution in [0.3, 0.4) is 0 Å². The number of hydrogen-bond donors (Lipinski definition) is 4. The van der Waals surface area contributed by atoms with E-state index in [0.29, 0.717) is 19.3 Å². The predicted octanol–water partition coefficient (Wildman–Crippen LogP) is 2.09. The molecular weight excluding hydrogens is 308 g/mol. The Labute approximate surface area is 142 Å². The molecule has 132 valence electrons. The van der Waals surface area contributed by atoms with Crippen LogP contribution < -0.4 is 10.6 Å². The number of aliphatic hydroxyl groups is 1. The van der Waals surface area contributed by atoms with Gasteiger partial charge in [0.25, 0.3) is 0 Å². The van der Waals surface area contributed by atoms with Crippen LogP contribution in [0.1, 0.15) is 31.7 Å². The summed E-state index contributed by atoms with van der Waals surface area (Å²) in [6.45, 7) is 1.71. The van der Waals surface area contributed by atoms with Crippen molar-refractivity contribution in [2.24, 2.45) is 0 Å². The van der Waals surface area contributed by atoms with Gasteiger partial charge in [0.2, 0.25) is 0 Å². The Bertz CT molecular complexity index is 531. The number of allylic oxidation sites excluding steroid dienone is 1. The molecule has 6 heteroatoms. The number of benzene rings is 1. The lowest BCUT2D eigenvalue weighted by Gasteiger charge is -2.21. The molecular formula is C18H26N2O4. The topological polar surface area (TPSA) is 98.7 Å². The van der Waals surface area contributed by atoms with Crippen molar-refractivity contribution >= 4 is 12.0 Å². The summed E-state index contributed by atoms with van der Waals surface area (Å²) in [5.41, 5.74) is 1.03. The van der Waals surface area contributed by atoms with Gasteiger partial charge in [-0.05, 0) is 31.7 Å². The molecule has 2 amide bonds. The Morgan fingerprint density at radius 1 is 1.17 bits per heavy atom. The van der Waals surface area contributed by atoms with Crippen molar-refractivity contribution in [3.63, 3.8) is 0 Å². The Morgan fingerprint density at radius 3 is 2.42 bits per heavy atom. The summed E-state index contributed by atoms with van der Waals surface area (Å²) >= 11 is 0. The molecule has 1 rings (SSSR count). The van der Waals surface area contributed by atoms with Crippen LogP contribution in [0, 0.1) is 0 Å². The molecule has 6 nitrogen and oxygen atoms in total. The molecule has 0 aliphatic rings. The normalized spacial score (nSPS) is 13.4. The van der Waals surface area contributed by atoms with Crippen LogP contribution >= 0.6 is 0 Å². The zero-order chi connectivity index (χ0) is 17.8. The Hall–Kier alpha value is -2.34. The van der Waals surface area contributed by atoms with Crippen LogP contribution in [0.2, 0.25) is 0 Å². The second-order valence-electron chi connectivity index (χ2n) is 5.62. The van der Waals surface area contributed by atoms with Crippen LogP contribution in [0.15, 0.2) is 42.5 Å². The van der Waals surface area contributed by atoms with Crippen LogP contribution in [0.4, 0.5) is 4.79 Å². The molecule has 24 heavy (non-hydrogen) atoms. The van der Waals surface area contributed by atoms with Crippen molar-refractivity contribution in [2.45, 2.75) is 44.7 Å². The molecule has 0 aliphatic heterocycles. The maximum atomic E-state index is 12.1. The van der Waals surface area contributed by atoms with E-state index >= 15 is 0 Å². The fourth-order valence-corrected chi connectivity index (χ4v) is 2.31. The largest absolute Gasteiger partial charge is 0.481 e. The number of carbonyl (C=O) groups is 2. The van der Waals surface area contributed by atoms with Crippen molar-refractivity contribution < 1.29 is 19.8 Å². The van der Waals surface area contributed by atoms with E-state index in [9.17, 15) is 14.7 Å². The summed E-state index contributed by atoms with van der Waals surface area (Å²) in [7, 11) is 0. The first-order valence-electron chi connectivity index (χ1n) is 8.10. The van der Waals surface area contributed by atoms with Gasteiger partial charge in [0.05, 0.1) is 12.6 Å². The number of nitrogens with one attached hydrogen (secondary N) is 2. The summed E-state index contributed by atoms with van der Waals surface area (Å²) in [6.07, 6.45) is 5.15. The summed E-state index contributed by atoms with van der Waals surface area (Å²) in [5, 5.41) is 23.7. The zero-order valence-electron chi connectivity index (χ0n) is 13.9. The number of amides is 2. The first kappa shape index (κ1) is 19.7. The predicted molar refractivity (Wildman–Crippen MR) is 92.8 cm³/mol. The third-order valence-corrected chi connectivity index (χ3v) is 3.58. The highest BCUT2D eigenvalue weighted by molar-refractivity contribution is 5.74. The van der Waals surface area contributed by atoms with Crippen molar-refractivity contribution in [2.75, 3.05) is 6.61 Å². The minimum atomic E-state index is -0.892. The van der Waals surface area contributed by atoms with Gasteiger partial charge < -0.3 is 20.8 Å². The standard InChI is InChI=1S/C18H26N2O4/c1-2-3-9-16(13-21)20-18(24)19-15(10-11-17(22)23)12-14-7-5-4-6-8-14/h2-8,15-16,21H,9-13H2,1H3,(H,22,23)(H2,19,20,24)/b3-2+. The lowest BCUT2D eigenvalue weighted by Crippen LogP contribution is -2.48. The molecule has 0 fully saturated rings. The van der Waals surface area contributed by atoms with Crippen LogP contribution in [-0.2, 0) is 11.2 Å². The van der Waals surface area contributed by atoms with Gasteiger partial charge in [-0.3, -0.25) is 4.79 Å². The minimum Gasteiger partial charge on any atom is -0.481 e.